The Kier molecular flexibility index (Phi) is 4.10. The lowest BCUT2D eigenvalue weighted by atomic mass is 10.2. The summed E-state index contributed by atoms with van der Waals surface area (Å²) in [4.78, 5) is 11.2. The van der Waals surface area contributed by atoms with E-state index in [1.165, 1.54) is 0 Å². The molecule has 0 saturated heterocycles. The molecule has 3 nitrogen and oxygen atoms in total. The van der Waals surface area contributed by atoms with Crippen molar-refractivity contribution in [3.63, 3.8) is 0 Å². The summed E-state index contributed by atoms with van der Waals surface area (Å²) in [5, 5.41) is 2.74. The van der Waals surface area contributed by atoms with Crippen LogP contribution in [0.2, 0.25) is 0 Å². The van der Waals surface area contributed by atoms with Gasteiger partial charge in [-0.05, 0) is 24.6 Å². The van der Waals surface area contributed by atoms with Gasteiger partial charge < -0.3 is 11.1 Å². The van der Waals surface area contributed by atoms with Crippen LogP contribution in [0.1, 0.15) is 12.5 Å². The Hall–Kier alpha value is -0.870. The zero-order valence-electron chi connectivity index (χ0n) is 7.96. The lowest BCUT2D eigenvalue weighted by Gasteiger charge is -2.07. The Morgan fingerprint density at radius 1 is 1.64 bits per heavy atom. The second-order valence-corrected chi connectivity index (χ2v) is 4.05. The summed E-state index contributed by atoms with van der Waals surface area (Å²) >= 11 is 3.36. The van der Waals surface area contributed by atoms with Crippen molar-refractivity contribution in [2.75, 3.05) is 0 Å². The van der Waals surface area contributed by atoms with Gasteiger partial charge in [-0.1, -0.05) is 28.1 Å². The molecular weight excluding hydrogens is 244 g/mol. The summed E-state index contributed by atoms with van der Waals surface area (Å²) in [5.41, 5.74) is 6.46. The molecule has 0 aliphatic rings. The Bertz CT molecular complexity index is 326. The van der Waals surface area contributed by atoms with E-state index in [1.807, 2.05) is 24.3 Å². The number of hydrogen-bond donors (Lipinski definition) is 2. The van der Waals surface area contributed by atoms with Crippen molar-refractivity contribution in [2.24, 2.45) is 5.73 Å². The minimum absolute atomic E-state index is 0.134. The number of carbonyl (C=O) groups is 1. The molecule has 3 N–H and O–H groups in total. The average molecular weight is 257 g/mol. The fraction of sp³-hybridized carbons (Fsp3) is 0.300. The second kappa shape index (κ2) is 5.12. The monoisotopic (exact) mass is 256 g/mol. The molecule has 0 heterocycles. The lowest BCUT2D eigenvalue weighted by molar-refractivity contribution is -0.122. The first-order chi connectivity index (χ1) is 6.59. The largest absolute Gasteiger partial charge is 0.351 e. The van der Waals surface area contributed by atoms with Crippen molar-refractivity contribution in [1.82, 2.24) is 5.32 Å². The van der Waals surface area contributed by atoms with Gasteiger partial charge in [0.25, 0.3) is 0 Å². The van der Waals surface area contributed by atoms with E-state index < -0.39 is 6.04 Å². The van der Waals surface area contributed by atoms with Crippen LogP contribution in [-0.2, 0) is 11.3 Å². The van der Waals surface area contributed by atoms with Crippen LogP contribution in [0.4, 0.5) is 0 Å². The van der Waals surface area contributed by atoms with Gasteiger partial charge >= 0.3 is 0 Å². The predicted octanol–water partition coefficient (Wildman–Crippen LogP) is 1.41. The summed E-state index contributed by atoms with van der Waals surface area (Å²) in [6.07, 6.45) is 0. The van der Waals surface area contributed by atoms with Crippen LogP contribution in [0.15, 0.2) is 28.7 Å². The molecule has 0 radical (unpaired) electrons. The number of halogens is 1. The molecular formula is C10H13BrN2O. The lowest BCUT2D eigenvalue weighted by Crippen LogP contribution is -2.37. The Balaban J connectivity index is 2.50. The number of amides is 1. The van der Waals surface area contributed by atoms with E-state index in [0.717, 1.165) is 10.0 Å². The fourth-order valence-electron chi connectivity index (χ4n) is 0.997. The maximum absolute atomic E-state index is 11.2. The predicted molar refractivity (Wildman–Crippen MR) is 59.6 cm³/mol. The third-order valence-electron chi connectivity index (χ3n) is 1.77. The second-order valence-electron chi connectivity index (χ2n) is 3.14. The first-order valence-corrected chi connectivity index (χ1v) is 5.16. The number of nitrogens with two attached hydrogens (primary N) is 1. The standard InChI is InChI=1S/C10H13BrN2O/c1-7(12)10(14)13-6-8-3-2-4-9(11)5-8/h2-5,7H,6,12H2,1H3,(H,13,14)/t7-/m1/s1. The van der Waals surface area contributed by atoms with Gasteiger partial charge in [-0.2, -0.15) is 0 Å². The summed E-state index contributed by atoms with van der Waals surface area (Å²) in [6, 6.07) is 7.32. The molecule has 1 atom stereocenters. The Morgan fingerprint density at radius 3 is 2.93 bits per heavy atom. The van der Waals surface area contributed by atoms with E-state index in [2.05, 4.69) is 21.2 Å². The quantitative estimate of drug-likeness (QED) is 0.860. The molecule has 76 valence electrons. The molecule has 1 aromatic rings. The Morgan fingerprint density at radius 2 is 2.36 bits per heavy atom. The molecule has 1 rings (SSSR count). The molecule has 0 saturated carbocycles. The maximum Gasteiger partial charge on any atom is 0.236 e. The van der Waals surface area contributed by atoms with E-state index >= 15 is 0 Å². The molecule has 1 aromatic carbocycles. The first kappa shape index (κ1) is 11.2. The van der Waals surface area contributed by atoms with Crippen LogP contribution in [-0.4, -0.2) is 11.9 Å². The maximum atomic E-state index is 11.2. The first-order valence-electron chi connectivity index (χ1n) is 4.37. The number of nitrogens with one attached hydrogen (secondary N) is 1. The van der Waals surface area contributed by atoms with E-state index in [1.54, 1.807) is 6.92 Å². The molecule has 0 fully saturated rings. The highest BCUT2D eigenvalue weighted by atomic mass is 79.9. The molecule has 4 heteroatoms. The smallest absolute Gasteiger partial charge is 0.236 e. The summed E-state index contributed by atoms with van der Waals surface area (Å²) in [6.45, 7) is 2.18. The third kappa shape index (κ3) is 3.47. The minimum atomic E-state index is -0.456. The van der Waals surface area contributed by atoms with E-state index in [0.29, 0.717) is 6.54 Å². The van der Waals surface area contributed by atoms with Crippen molar-refractivity contribution in [2.45, 2.75) is 19.5 Å². The molecule has 0 spiro atoms. The molecule has 14 heavy (non-hydrogen) atoms. The average Bonchev–Trinajstić information content (AvgIpc) is 2.14. The highest BCUT2D eigenvalue weighted by Crippen LogP contribution is 2.11. The SMILES string of the molecule is C[C@@H](N)C(=O)NCc1cccc(Br)c1. The van der Waals surface area contributed by atoms with Crippen molar-refractivity contribution in [1.29, 1.82) is 0 Å². The van der Waals surface area contributed by atoms with Gasteiger partial charge in [0.2, 0.25) is 5.91 Å². The van der Waals surface area contributed by atoms with Gasteiger partial charge in [0.1, 0.15) is 0 Å². The summed E-state index contributed by atoms with van der Waals surface area (Å²) < 4.78 is 1.00. The topological polar surface area (TPSA) is 55.1 Å². The van der Waals surface area contributed by atoms with Crippen LogP contribution in [0.25, 0.3) is 0 Å². The fourth-order valence-corrected chi connectivity index (χ4v) is 1.44. The minimum Gasteiger partial charge on any atom is -0.351 e. The summed E-state index contributed by atoms with van der Waals surface area (Å²) in [7, 11) is 0. The number of carbonyl (C=O) groups excluding carboxylic acids is 1. The molecule has 0 aliphatic heterocycles. The molecule has 1 amide bonds. The van der Waals surface area contributed by atoms with Crippen LogP contribution in [0, 0.1) is 0 Å². The van der Waals surface area contributed by atoms with E-state index in [-0.39, 0.29) is 5.91 Å². The van der Waals surface area contributed by atoms with Crippen LogP contribution in [0.3, 0.4) is 0 Å². The molecule has 0 aliphatic carbocycles. The van der Waals surface area contributed by atoms with Crippen LogP contribution in [0.5, 0.6) is 0 Å². The molecule has 0 bridgehead atoms. The van der Waals surface area contributed by atoms with Gasteiger partial charge in [0.05, 0.1) is 6.04 Å². The van der Waals surface area contributed by atoms with Crippen molar-refractivity contribution in [3.8, 4) is 0 Å². The summed E-state index contributed by atoms with van der Waals surface area (Å²) in [5.74, 6) is -0.134. The molecule has 0 unspecified atom stereocenters. The van der Waals surface area contributed by atoms with Gasteiger partial charge in [-0.25, -0.2) is 0 Å². The normalized spacial score (nSPS) is 12.2. The zero-order chi connectivity index (χ0) is 10.6. The number of rotatable bonds is 3. The van der Waals surface area contributed by atoms with Crippen LogP contribution >= 0.6 is 15.9 Å². The molecule has 0 aromatic heterocycles. The highest BCUT2D eigenvalue weighted by Gasteiger charge is 2.05. The number of hydrogen-bond acceptors (Lipinski definition) is 2. The van der Waals surface area contributed by atoms with Gasteiger partial charge in [-0.15, -0.1) is 0 Å². The van der Waals surface area contributed by atoms with Crippen molar-refractivity contribution in [3.05, 3.63) is 34.3 Å². The van der Waals surface area contributed by atoms with Gasteiger partial charge in [-0.3, -0.25) is 4.79 Å². The van der Waals surface area contributed by atoms with E-state index in [9.17, 15) is 4.79 Å². The van der Waals surface area contributed by atoms with E-state index in [4.69, 9.17) is 5.73 Å². The van der Waals surface area contributed by atoms with Crippen LogP contribution < -0.4 is 11.1 Å². The Labute approximate surface area is 91.8 Å². The zero-order valence-corrected chi connectivity index (χ0v) is 9.54. The van der Waals surface area contributed by atoms with Crippen molar-refractivity contribution < 1.29 is 4.79 Å². The van der Waals surface area contributed by atoms with Crippen molar-refractivity contribution >= 4 is 21.8 Å². The highest BCUT2D eigenvalue weighted by molar-refractivity contribution is 9.10. The van der Waals surface area contributed by atoms with Gasteiger partial charge in [0, 0.05) is 11.0 Å². The number of benzene rings is 1. The van der Waals surface area contributed by atoms with Gasteiger partial charge in [0.15, 0.2) is 0 Å². The third-order valence-corrected chi connectivity index (χ3v) is 2.26.